The standard InChI is InChI=1S/C20H23NO5/c1-13-8-7-9-16(12-13)25-15(3)20(23)26-14(2)19(22)21-17-10-5-6-11-18(17)24-4/h5-12,14-15H,1-4H3,(H,21,22)/t14-,15+/m0/s1. The molecule has 0 aromatic heterocycles. The van der Waals surface area contributed by atoms with Crippen molar-refractivity contribution in [1.29, 1.82) is 0 Å². The SMILES string of the molecule is COc1ccccc1NC(=O)[C@H](C)OC(=O)[C@@H](C)Oc1cccc(C)c1. The van der Waals surface area contributed by atoms with Gasteiger partial charge in [0.25, 0.3) is 5.91 Å². The molecule has 0 aliphatic heterocycles. The lowest BCUT2D eigenvalue weighted by atomic mass is 10.2. The van der Waals surface area contributed by atoms with Crippen LogP contribution in [0.15, 0.2) is 48.5 Å². The Morgan fingerprint density at radius 1 is 1.00 bits per heavy atom. The minimum Gasteiger partial charge on any atom is -0.495 e. The summed E-state index contributed by atoms with van der Waals surface area (Å²) in [5.41, 5.74) is 1.53. The Morgan fingerprint density at radius 3 is 2.42 bits per heavy atom. The first kappa shape index (κ1) is 19.3. The number of hydrogen-bond acceptors (Lipinski definition) is 5. The summed E-state index contributed by atoms with van der Waals surface area (Å²) in [6.07, 6.45) is -1.81. The Kier molecular flexibility index (Phi) is 6.60. The molecule has 0 fully saturated rings. The number of rotatable bonds is 7. The van der Waals surface area contributed by atoms with Crippen molar-refractivity contribution in [2.24, 2.45) is 0 Å². The molecule has 0 aliphatic carbocycles. The normalized spacial score (nSPS) is 12.6. The largest absolute Gasteiger partial charge is 0.495 e. The van der Waals surface area contributed by atoms with Crippen LogP contribution in [0.5, 0.6) is 11.5 Å². The van der Waals surface area contributed by atoms with E-state index in [2.05, 4.69) is 5.32 Å². The van der Waals surface area contributed by atoms with Gasteiger partial charge in [0.1, 0.15) is 11.5 Å². The predicted octanol–water partition coefficient (Wildman–Crippen LogP) is 3.34. The maximum atomic E-state index is 12.3. The van der Waals surface area contributed by atoms with E-state index >= 15 is 0 Å². The summed E-state index contributed by atoms with van der Waals surface area (Å²) in [5.74, 6) is 0.0240. The fourth-order valence-corrected chi connectivity index (χ4v) is 2.25. The Balaban J connectivity index is 1.92. The van der Waals surface area contributed by atoms with Gasteiger partial charge in [-0.1, -0.05) is 24.3 Å². The quantitative estimate of drug-likeness (QED) is 0.770. The van der Waals surface area contributed by atoms with E-state index in [4.69, 9.17) is 14.2 Å². The Bertz CT molecular complexity index is 774. The fraction of sp³-hybridized carbons (Fsp3) is 0.300. The molecule has 26 heavy (non-hydrogen) atoms. The van der Waals surface area contributed by atoms with Gasteiger partial charge in [0.15, 0.2) is 12.2 Å². The van der Waals surface area contributed by atoms with Crippen molar-refractivity contribution in [2.45, 2.75) is 33.0 Å². The highest BCUT2D eigenvalue weighted by Gasteiger charge is 2.23. The summed E-state index contributed by atoms with van der Waals surface area (Å²) in [4.78, 5) is 24.4. The molecule has 2 aromatic carbocycles. The van der Waals surface area contributed by atoms with Gasteiger partial charge in [0.05, 0.1) is 12.8 Å². The number of nitrogens with one attached hydrogen (secondary N) is 1. The zero-order valence-corrected chi connectivity index (χ0v) is 15.3. The summed E-state index contributed by atoms with van der Waals surface area (Å²) < 4.78 is 16.0. The molecule has 0 bridgehead atoms. The number of anilines is 1. The lowest BCUT2D eigenvalue weighted by molar-refractivity contribution is -0.159. The third kappa shape index (κ3) is 5.24. The van der Waals surface area contributed by atoms with Gasteiger partial charge in [0, 0.05) is 0 Å². The number of methoxy groups -OCH3 is 1. The number of para-hydroxylation sites is 2. The molecule has 0 radical (unpaired) electrons. The molecule has 2 atom stereocenters. The molecule has 2 aromatic rings. The van der Waals surface area contributed by atoms with Gasteiger partial charge in [-0.05, 0) is 50.6 Å². The van der Waals surface area contributed by atoms with E-state index in [1.807, 2.05) is 25.1 Å². The third-order valence-electron chi connectivity index (χ3n) is 3.66. The smallest absolute Gasteiger partial charge is 0.347 e. The van der Waals surface area contributed by atoms with E-state index in [1.165, 1.54) is 14.0 Å². The summed E-state index contributed by atoms with van der Waals surface area (Å²) in [7, 11) is 1.51. The molecule has 0 saturated heterocycles. The molecule has 1 amide bonds. The number of hydrogen-bond donors (Lipinski definition) is 1. The zero-order chi connectivity index (χ0) is 19.1. The van der Waals surface area contributed by atoms with E-state index in [0.29, 0.717) is 17.2 Å². The number of carbonyl (C=O) groups excluding carboxylic acids is 2. The van der Waals surface area contributed by atoms with Crippen molar-refractivity contribution in [3.8, 4) is 11.5 Å². The summed E-state index contributed by atoms with van der Waals surface area (Å²) >= 11 is 0. The van der Waals surface area contributed by atoms with Gasteiger partial charge in [-0.25, -0.2) is 4.79 Å². The van der Waals surface area contributed by atoms with Crippen LogP contribution >= 0.6 is 0 Å². The van der Waals surface area contributed by atoms with Gasteiger partial charge in [-0.3, -0.25) is 4.79 Å². The van der Waals surface area contributed by atoms with E-state index < -0.39 is 24.1 Å². The van der Waals surface area contributed by atoms with Gasteiger partial charge in [-0.15, -0.1) is 0 Å². The van der Waals surface area contributed by atoms with Crippen LogP contribution in [-0.2, 0) is 14.3 Å². The second-order valence-electron chi connectivity index (χ2n) is 5.85. The highest BCUT2D eigenvalue weighted by molar-refractivity contribution is 5.96. The van der Waals surface area contributed by atoms with Gasteiger partial charge < -0.3 is 19.5 Å². The maximum Gasteiger partial charge on any atom is 0.347 e. The number of carbonyl (C=O) groups is 2. The van der Waals surface area contributed by atoms with Crippen molar-refractivity contribution in [2.75, 3.05) is 12.4 Å². The zero-order valence-electron chi connectivity index (χ0n) is 15.3. The van der Waals surface area contributed by atoms with Crippen molar-refractivity contribution >= 4 is 17.6 Å². The Hall–Kier alpha value is -3.02. The topological polar surface area (TPSA) is 73.9 Å². The van der Waals surface area contributed by atoms with E-state index in [9.17, 15) is 9.59 Å². The second-order valence-corrected chi connectivity index (χ2v) is 5.85. The number of ether oxygens (including phenoxy) is 3. The van der Waals surface area contributed by atoms with Crippen molar-refractivity contribution in [3.05, 3.63) is 54.1 Å². The summed E-state index contributed by atoms with van der Waals surface area (Å²) in [6.45, 7) is 5.01. The molecular formula is C20H23NO5. The lowest BCUT2D eigenvalue weighted by Crippen LogP contribution is -2.35. The molecule has 0 aliphatic rings. The van der Waals surface area contributed by atoms with Crippen molar-refractivity contribution in [3.63, 3.8) is 0 Å². The fourth-order valence-electron chi connectivity index (χ4n) is 2.25. The minimum absolute atomic E-state index is 0.453. The minimum atomic E-state index is -0.976. The highest BCUT2D eigenvalue weighted by atomic mass is 16.6. The van der Waals surface area contributed by atoms with Gasteiger partial charge in [-0.2, -0.15) is 0 Å². The van der Waals surface area contributed by atoms with E-state index in [1.54, 1.807) is 37.3 Å². The van der Waals surface area contributed by atoms with Crippen LogP contribution in [0.2, 0.25) is 0 Å². The first-order chi connectivity index (χ1) is 12.4. The molecule has 0 unspecified atom stereocenters. The monoisotopic (exact) mass is 357 g/mol. The van der Waals surface area contributed by atoms with Crippen LogP contribution in [0.3, 0.4) is 0 Å². The third-order valence-corrected chi connectivity index (χ3v) is 3.66. The predicted molar refractivity (Wildman–Crippen MR) is 98.4 cm³/mol. The molecule has 2 rings (SSSR count). The van der Waals surface area contributed by atoms with Crippen molar-refractivity contribution < 1.29 is 23.8 Å². The molecule has 1 N–H and O–H groups in total. The molecule has 0 saturated carbocycles. The van der Waals surface area contributed by atoms with Crippen LogP contribution in [0, 0.1) is 6.92 Å². The van der Waals surface area contributed by atoms with Crippen molar-refractivity contribution in [1.82, 2.24) is 0 Å². The maximum absolute atomic E-state index is 12.3. The lowest BCUT2D eigenvalue weighted by Gasteiger charge is -2.18. The molecule has 6 heteroatoms. The Morgan fingerprint density at radius 2 is 1.73 bits per heavy atom. The van der Waals surface area contributed by atoms with Gasteiger partial charge >= 0.3 is 5.97 Å². The average molecular weight is 357 g/mol. The first-order valence-electron chi connectivity index (χ1n) is 8.28. The second kappa shape index (κ2) is 8.89. The van der Waals surface area contributed by atoms with Crippen LogP contribution in [-0.4, -0.2) is 31.2 Å². The number of esters is 1. The van der Waals surface area contributed by atoms with Crippen LogP contribution in [0.4, 0.5) is 5.69 Å². The number of aryl methyl sites for hydroxylation is 1. The molecule has 6 nitrogen and oxygen atoms in total. The summed E-state index contributed by atoms with van der Waals surface area (Å²) in [6, 6.07) is 14.3. The van der Waals surface area contributed by atoms with E-state index in [0.717, 1.165) is 5.56 Å². The van der Waals surface area contributed by atoms with Crippen LogP contribution in [0.25, 0.3) is 0 Å². The highest BCUT2D eigenvalue weighted by Crippen LogP contribution is 2.23. The summed E-state index contributed by atoms with van der Waals surface area (Å²) in [5, 5.41) is 2.68. The van der Waals surface area contributed by atoms with Crippen LogP contribution < -0.4 is 14.8 Å². The number of benzene rings is 2. The number of amides is 1. The first-order valence-corrected chi connectivity index (χ1v) is 8.28. The average Bonchev–Trinajstić information content (AvgIpc) is 2.62. The molecule has 0 heterocycles. The Labute approximate surface area is 153 Å². The molecular weight excluding hydrogens is 334 g/mol. The van der Waals surface area contributed by atoms with Gasteiger partial charge in [0.2, 0.25) is 0 Å². The molecule has 0 spiro atoms. The van der Waals surface area contributed by atoms with Crippen LogP contribution in [0.1, 0.15) is 19.4 Å². The molecule has 138 valence electrons. The van der Waals surface area contributed by atoms with E-state index in [-0.39, 0.29) is 0 Å².